The van der Waals surface area contributed by atoms with Gasteiger partial charge in [0.2, 0.25) is 0 Å². The molecule has 1 fully saturated rings. The molecule has 2 unspecified atom stereocenters. The second-order valence-electron chi connectivity index (χ2n) is 7.03. The van der Waals surface area contributed by atoms with E-state index in [9.17, 15) is 13.2 Å². The molecular formula is C21H27NO5S. The van der Waals surface area contributed by atoms with Crippen LogP contribution in [0.3, 0.4) is 0 Å². The highest BCUT2D eigenvalue weighted by Crippen LogP contribution is 2.39. The van der Waals surface area contributed by atoms with E-state index >= 15 is 0 Å². The van der Waals surface area contributed by atoms with E-state index in [1.807, 2.05) is 37.3 Å². The van der Waals surface area contributed by atoms with Crippen molar-refractivity contribution in [3.05, 3.63) is 65.7 Å². The maximum absolute atomic E-state index is 11.9. The van der Waals surface area contributed by atoms with Crippen molar-refractivity contribution >= 4 is 16.1 Å². The van der Waals surface area contributed by atoms with Gasteiger partial charge in [0.25, 0.3) is 10.1 Å². The molecule has 3 N–H and O–H groups in total. The molecule has 0 bridgehead atoms. The summed E-state index contributed by atoms with van der Waals surface area (Å²) in [5.41, 5.74) is 7.56. The van der Waals surface area contributed by atoms with E-state index in [-0.39, 0.29) is 16.8 Å². The van der Waals surface area contributed by atoms with Crippen LogP contribution in [0.4, 0.5) is 0 Å². The Kier molecular flexibility index (Phi) is 7.35. The SMILES string of the molecule is COC(=O)C1(N)CCCCC1c1ccccc1.Cc1ccc(S(=O)(=O)O)cc1. The van der Waals surface area contributed by atoms with E-state index in [1.54, 1.807) is 12.1 Å². The molecule has 0 aliphatic heterocycles. The molecule has 2 atom stereocenters. The summed E-state index contributed by atoms with van der Waals surface area (Å²) in [4.78, 5) is 11.9. The van der Waals surface area contributed by atoms with Gasteiger partial charge in [0.1, 0.15) is 5.54 Å². The highest BCUT2D eigenvalue weighted by molar-refractivity contribution is 7.85. The van der Waals surface area contributed by atoms with Crippen molar-refractivity contribution < 1.29 is 22.5 Å². The van der Waals surface area contributed by atoms with Gasteiger partial charge in [0.15, 0.2) is 0 Å². The number of rotatable bonds is 3. The van der Waals surface area contributed by atoms with E-state index in [0.29, 0.717) is 6.42 Å². The molecule has 0 spiro atoms. The number of aryl methyl sites for hydroxylation is 1. The molecule has 3 rings (SSSR count). The molecule has 1 aliphatic rings. The van der Waals surface area contributed by atoms with Gasteiger partial charge in [-0.25, -0.2) is 0 Å². The number of methoxy groups -OCH3 is 1. The number of nitrogens with two attached hydrogens (primary N) is 1. The molecule has 152 valence electrons. The molecule has 0 radical (unpaired) electrons. The van der Waals surface area contributed by atoms with Gasteiger partial charge in [-0.1, -0.05) is 60.9 Å². The fraction of sp³-hybridized carbons (Fsp3) is 0.381. The van der Waals surface area contributed by atoms with E-state index < -0.39 is 15.7 Å². The molecule has 0 amide bonds. The van der Waals surface area contributed by atoms with Gasteiger partial charge in [-0.15, -0.1) is 0 Å². The summed E-state index contributed by atoms with van der Waals surface area (Å²) in [6, 6.07) is 16.0. The zero-order valence-corrected chi connectivity index (χ0v) is 17.0. The first-order valence-electron chi connectivity index (χ1n) is 9.15. The Hall–Kier alpha value is -2.22. The molecule has 1 saturated carbocycles. The Morgan fingerprint density at radius 3 is 2.25 bits per heavy atom. The van der Waals surface area contributed by atoms with Crippen molar-refractivity contribution in [2.75, 3.05) is 7.11 Å². The average molecular weight is 406 g/mol. The first-order valence-corrected chi connectivity index (χ1v) is 10.6. The van der Waals surface area contributed by atoms with Crippen LogP contribution in [0.1, 0.15) is 42.7 Å². The zero-order chi connectivity index (χ0) is 20.8. The Balaban J connectivity index is 0.000000221. The number of ether oxygens (including phenoxy) is 1. The van der Waals surface area contributed by atoms with Gasteiger partial charge in [-0.05, 0) is 37.5 Å². The van der Waals surface area contributed by atoms with Gasteiger partial charge >= 0.3 is 5.97 Å². The molecule has 1 aliphatic carbocycles. The minimum Gasteiger partial charge on any atom is -0.468 e. The summed E-state index contributed by atoms with van der Waals surface area (Å²) in [6.07, 6.45) is 3.78. The largest absolute Gasteiger partial charge is 0.468 e. The zero-order valence-electron chi connectivity index (χ0n) is 16.2. The number of carbonyl (C=O) groups excluding carboxylic acids is 1. The number of hydrogen-bond acceptors (Lipinski definition) is 5. The highest BCUT2D eigenvalue weighted by atomic mass is 32.2. The summed E-state index contributed by atoms with van der Waals surface area (Å²) < 4.78 is 34.4. The van der Waals surface area contributed by atoms with Gasteiger partial charge in [-0.2, -0.15) is 8.42 Å². The topological polar surface area (TPSA) is 107 Å². The van der Waals surface area contributed by atoms with Crippen molar-refractivity contribution in [3.63, 3.8) is 0 Å². The second-order valence-corrected chi connectivity index (χ2v) is 8.45. The molecule has 2 aromatic carbocycles. The van der Waals surface area contributed by atoms with Gasteiger partial charge in [0, 0.05) is 5.92 Å². The first-order chi connectivity index (χ1) is 13.2. The summed E-state index contributed by atoms with van der Waals surface area (Å²) in [6.45, 7) is 1.84. The predicted molar refractivity (Wildman–Crippen MR) is 108 cm³/mol. The first kappa shape index (κ1) is 22.1. The fourth-order valence-electron chi connectivity index (χ4n) is 3.49. The van der Waals surface area contributed by atoms with Gasteiger partial charge in [0.05, 0.1) is 12.0 Å². The minimum absolute atomic E-state index is 0.0666. The van der Waals surface area contributed by atoms with E-state index in [2.05, 4.69) is 0 Å². The molecule has 7 heteroatoms. The summed E-state index contributed by atoms with van der Waals surface area (Å²) in [7, 11) is -2.61. The van der Waals surface area contributed by atoms with Crippen LogP contribution in [0.25, 0.3) is 0 Å². The third-order valence-corrected chi connectivity index (χ3v) is 5.91. The summed E-state index contributed by atoms with van der Waals surface area (Å²) in [5.74, 6) is -0.212. The minimum atomic E-state index is -4.02. The lowest BCUT2D eigenvalue weighted by Crippen LogP contribution is -2.55. The second kappa shape index (κ2) is 9.32. The molecule has 0 saturated heterocycles. The van der Waals surface area contributed by atoms with Crippen molar-refractivity contribution in [2.24, 2.45) is 5.73 Å². The molecule has 2 aromatic rings. The van der Waals surface area contributed by atoms with Crippen LogP contribution in [0, 0.1) is 6.92 Å². The van der Waals surface area contributed by atoms with Crippen molar-refractivity contribution in [1.29, 1.82) is 0 Å². The summed E-state index contributed by atoms with van der Waals surface area (Å²) in [5, 5.41) is 0. The van der Waals surface area contributed by atoms with Crippen LogP contribution in [-0.2, 0) is 19.6 Å². The van der Waals surface area contributed by atoms with Crippen molar-refractivity contribution in [1.82, 2.24) is 0 Å². The maximum Gasteiger partial charge on any atom is 0.326 e. The quantitative estimate of drug-likeness (QED) is 0.598. The number of carbonyl (C=O) groups is 1. The predicted octanol–water partition coefficient (Wildman–Crippen LogP) is 3.46. The lowest BCUT2D eigenvalue weighted by molar-refractivity contribution is -0.149. The Bertz CT molecular complexity index is 881. The van der Waals surface area contributed by atoms with E-state index in [4.69, 9.17) is 15.0 Å². The van der Waals surface area contributed by atoms with Gasteiger partial charge in [-0.3, -0.25) is 9.35 Å². The van der Waals surface area contributed by atoms with Crippen molar-refractivity contribution in [2.45, 2.75) is 49.0 Å². The monoisotopic (exact) mass is 405 g/mol. The maximum atomic E-state index is 11.9. The van der Waals surface area contributed by atoms with Gasteiger partial charge < -0.3 is 10.5 Å². The number of hydrogen-bond donors (Lipinski definition) is 2. The standard InChI is InChI=1S/C14H19NO2.C7H8O3S/c1-17-13(16)14(15)10-6-5-9-12(14)11-7-3-2-4-8-11;1-6-2-4-7(5-3-6)11(8,9)10/h2-4,7-8,12H,5-6,9-10,15H2,1H3;2-5H,1H3,(H,8,9,10). The van der Waals surface area contributed by atoms with E-state index in [0.717, 1.165) is 30.4 Å². The van der Waals surface area contributed by atoms with E-state index in [1.165, 1.54) is 19.2 Å². The van der Waals surface area contributed by atoms with Crippen LogP contribution in [-0.4, -0.2) is 31.6 Å². The lowest BCUT2D eigenvalue weighted by atomic mass is 9.70. The Labute approximate surface area is 166 Å². The Morgan fingerprint density at radius 2 is 1.71 bits per heavy atom. The van der Waals surface area contributed by atoms with Crippen LogP contribution in [0.5, 0.6) is 0 Å². The Morgan fingerprint density at radius 1 is 1.11 bits per heavy atom. The number of esters is 1. The molecule has 6 nitrogen and oxygen atoms in total. The average Bonchev–Trinajstić information content (AvgIpc) is 2.68. The van der Waals surface area contributed by atoms with Crippen LogP contribution < -0.4 is 5.73 Å². The third-order valence-electron chi connectivity index (χ3n) is 5.04. The van der Waals surface area contributed by atoms with Crippen molar-refractivity contribution in [3.8, 4) is 0 Å². The summed E-state index contributed by atoms with van der Waals surface area (Å²) >= 11 is 0. The van der Waals surface area contributed by atoms with Crippen LogP contribution in [0.2, 0.25) is 0 Å². The van der Waals surface area contributed by atoms with Crippen LogP contribution in [0.15, 0.2) is 59.5 Å². The number of benzene rings is 2. The normalized spacial score (nSPS) is 21.9. The molecule has 0 heterocycles. The lowest BCUT2D eigenvalue weighted by Gasteiger charge is -2.38. The fourth-order valence-corrected chi connectivity index (χ4v) is 3.97. The highest BCUT2D eigenvalue weighted by Gasteiger charge is 2.45. The van der Waals surface area contributed by atoms with Crippen LogP contribution >= 0.6 is 0 Å². The molecule has 28 heavy (non-hydrogen) atoms. The smallest absolute Gasteiger partial charge is 0.326 e. The third kappa shape index (κ3) is 5.41. The molecular weight excluding hydrogens is 378 g/mol. The molecule has 0 aromatic heterocycles.